The molecule has 0 atom stereocenters. The van der Waals surface area contributed by atoms with Gasteiger partial charge in [0, 0.05) is 22.0 Å². The summed E-state index contributed by atoms with van der Waals surface area (Å²) in [6, 6.07) is 13.6. The normalized spacial score (nSPS) is 10.5. The maximum absolute atomic E-state index is 12.8. The molecule has 7 heteroatoms. The second-order valence-electron chi connectivity index (χ2n) is 5.23. The quantitative estimate of drug-likeness (QED) is 0.630. The Morgan fingerprint density at radius 3 is 2.60 bits per heavy atom. The van der Waals surface area contributed by atoms with E-state index in [1.807, 2.05) is 24.3 Å². The monoisotopic (exact) mass is 420 g/mol. The van der Waals surface area contributed by atoms with Crippen LogP contribution in [0.15, 0.2) is 59.2 Å². The molecule has 128 valence electrons. The first kappa shape index (κ1) is 17.6. The number of halogens is 2. The van der Waals surface area contributed by atoms with Crippen LogP contribution >= 0.6 is 27.3 Å². The summed E-state index contributed by atoms with van der Waals surface area (Å²) in [6.07, 6.45) is 2.51. The molecule has 0 aliphatic carbocycles. The van der Waals surface area contributed by atoms with E-state index in [-0.39, 0.29) is 18.3 Å². The topological polar surface area (TPSA) is 51.2 Å². The number of nitrogens with zero attached hydrogens (tertiary/aromatic N) is 1. The van der Waals surface area contributed by atoms with Crippen LogP contribution < -0.4 is 10.1 Å². The molecule has 3 rings (SSSR count). The van der Waals surface area contributed by atoms with E-state index in [9.17, 15) is 9.18 Å². The Balaban J connectivity index is 1.51. The van der Waals surface area contributed by atoms with Gasteiger partial charge in [-0.05, 0) is 42.0 Å². The van der Waals surface area contributed by atoms with Crippen molar-refractivity contribution < 1.29 is 13.9 Å². The molecular weight excluding hydrogens is 407 g/mol. The van der Waals surface area contributed by atoms with Crippen LogP contribution in [-0.4, -0.2) is 17.5 Å². The van der Waals surface area contributed by atoms with Crippen LogP contribution in [0, 0.1) is 5.82 Å². The number of carbonyl (C=O) groups excluding carboxylic acids is 1. The summed E-state index contributed by atoms with van der Waals surface area (Å²) in [6.45, 7) is -0.159. The Morgan fingerprint density at radius 2 is 1.88 bits per heavy atom. The fourth-order valence-electron chi connectivity index (χ4n) is 2.09. The second kappa shape index (κ2) is 8.22. The van der Waals surface area contributed by atoms with Gasteiger partial charge in [-0.15, -0.1) is 11.3 Å². The lowest BCUT2D eigenvalue weighted by Gasteiger charge is -2.05. The molecule has 0 saturated heterocycles. The molecule has 25 heavy (non-hydrogen) atoms. The Hall–Kier alpha value is -2.25. The number of carbonyl (C=O) groups is 1. The smallest absolute Gasteiger partial charge is 0.264 e. The van der Waals surface area contributed by atoms with Crippen molar-refractivity contribution in [3.05, 3.63) is 75.5 Å². The zero-order valence-electron chi connectivity index (χ0n) is 13.0. The van der Waals surface area contributed by atoms with Gasteiger partial charge in [-0.2, -0.15) is 0 Å². The van der Waals surface area contributed by atoms with Crippen molar-refractivity contribution in [2.75, 3.05) is 11.9 Å². The average Bonchev–Trinajstić information content (AvgIpc) is 3.03. The molecule has 0 spiro atoms. The number of amides is 1. The number of benzene rings is 2. The number of nitrogens with one attached hydrogen (secondary N) is 1. The minimum Gasteiger partial charge on any atom is -0.484 e. The Bertz CT molecular complexity index is 850. The largest absolute Gasteiger partial charge is 0.484 e. The summed E-state index contributed by atoms with van der Waals surface area (Å²) >= 11 is 4.83. The number of ether oxygens (including phenoxy) is 1. The molecule has 0 saturated carbocycles. The number of hydrogen-bond donors (Lipinski definition) is 1. The number of rotatable bonds is 6. The first-order chi connectivity index (χ1) is 12.1. The number of anilines is 1. The molecule has 1 N–H and O–H groups in total. The average molecular weight is 421 g/mol. The van der Waals surface area contributed by atoms with E-state index in [1.165, 1.54) is 41.2 Å². The van der Waals surface area contributed by atoms with E-state index in [4.69, 9.17) is 4.74 Å². The van der Waals surface area contributed by atoms with Crippen molar-refractivity contribution >= 4 is 38.3 Å². The number of aromatic nitrogens is 1. The van der Waals surface area contributed by atoms with Crippen LogP contribution in [0.1, 0.15) is 10.4 Å². The third kappa shape index (κ3) is 5.37. The summed E-state index contributed by atoms with van der Waals surface area (Å²) in [5, 5.41) is 3.23. The zero-order valence-corrected chi connectivity index (χ0v) is 15.4. The highest BCUT2D eigenvalue weighted by molar-refractivity contribution is 9.10. The van der Waals surface area contributed by atoms with Crippen LogP contribution in [0.4, 0.5) is 9.52 Å². The lowest BCUT2D eigenvalue weighted by Crippen LogP contribution is -2.19. The standard InChI is InChI=1S/C18H14BrFN2O2S/c19-13-3-1-12(2-4-13)9-16-10-21-18(25-16)22-17(23)11-24-15-7-5-14(20)6-8-15/h1-8,10H,9,11H2,(H,21,22,23). The lowest BCUT2D eigenvalue weighted by atomic mass is 10.1. The first-order valence-corrected chi connectivity index (χ1v) is 9.07. The van der Waals surface area contributed by atoms with Crippen LogP contribution in [-0.2, 0) is 11.2 Å². The van der Waals surface area contributed by atoms with Crippen LogP contribution in [0.25, 0.3) is 0 Å². The van der Waals surface area contributed by atoms with Crippen LogP contribution in [0.2, 0.25) is 0 Å². The summed E-state index contributed by atoms with van der Waals surface area (Å²) in [5.41, 5.74) is 1.17. The predicted molar refractivity (Wildman–Crippen MR) is 99.6 cm³/mol. The third-order valence-electron chi connectivity index (χ3n) is 3.28. The van der Waals surface area contributed by atoms with Crippen molar-refractivity contribution in [2.24, 2.45) is 0 Å². The summed E-state index contributed by atoms with van der Waals surface area (Å²) in [4.78, 5) is 17.2. The first-order valence-electron chi connectivity index (χ1n) is 7.46. The van der Waals surface area contributed by atoms with E-state index in [0.717, 1.165) is 15.8 Å². The molecule has 1 amide bonds. The highest BCUT2D eigenvalue weighted by Gasteiger charge is 2.08. The molecular formula is C18H14BrFN2O2S. The predicted octanol–water partition coefficient (Wildman–Crippen LogP) is 4.65. The van der Waals surface area contributed by atoms with Gasteiger partial charge in [0.1, 0.15) is 11.6 Å². The highest BCUT2D eigenvalue weighted by atomic mass is 79.9. The summed E-state index contributed by atoms with van der Waals surface area (Å²) in [7, 11) is 0. The van der Waals surface area contributed by atoms with Gasteiger partial charge in [-0.1, -0.05) is 28.1 Å². The number of thiazole rings is 1. The molecule has 0 aliphatic rings. The van der Waals surface area contributed by atoms with Crippen molar-refractivity contribution in [2.45, 2.75) is 6.42 Å². The minimum absolute atomic E-state index is 0.159. The molecule has 1 heterocycles. The van der Waals surface area contributed by atoms with E-state index in [1.54, 1.807) is 6.20 Å². The van der Waals surface area contributed by atoms with E-state index in [2.05, 4.69) is 26.2 Å². The Kier molecular flexibility index (Phi) is 5.78. The maximum atomic E-state index is 12.8. The van der Waals surface area contributed by atoms with Gasteiger partial charge in [0.25, 0.3) is 5.91 Å². The van der Waals surface area contributed by atoms with Crippen molar-refractivity contribution in [3.63, 3.8) is 0 Å². The van der Waals surface area contributed by atoms with Gasteiger partial charge >= 0.3 is 0 Å². The highest BCUT2D eigenvalue weighted by Crippen LogP contribution is 2.22. The third-order valence-corrected chi connectivity index (χ3v) is 4.72. The fraction of sp³-hybridized carbons (Fsp3) is 0.111. The van der Waals surface area contributed by atoms with Crippen molar-refractivity contribution in [1.29, 1.82) is 0 Å². The molecule has 2 aromatic carbocycles. The van der Waals surface area contributed by atoms with Crippen LogP contribution in [0.3, 0.4) is 0 Å². The van der Waals surface area contributed by atoms with E-state index >= 15 is 0 Å². The van der Waals surface area contributed by atoms with Gasteiger partial charge < -0.3 is 4.74 Å². The zero-order chi connectivity index (χ0) is 17.6. The summed E-state index contributed by atoms with van der Waals surface area (Å²) < 4.78 is 19.1. The molecule has 4 nitrogen and oxygen atoms in total. The van der Waals surface area contributed by atoms with Gasteiger partial charge in [0.05, 0.1) is 0 Å². The fourth-order valence-corrected chi connectivity index (χ4v) is 3.21. The number of hydrogen-bond acceptors (Lipinski definition) is 4. The van der Waals surface area contributed by atoms with Gasteiger partial charge in [0.15, 0.2) is 11.7 Å². The molecule has 0 unspecified atom stereocenters. The van der Waals surface area contributed by atoms with Crippen molar-refractivity contribution in [3.8, 4) is 5.75 Å². The molecule has 3 aromatic rings. The lowest BCUT2D eigenvalue weighted by molar-refractivity contribution is -0.118. The molecule has 0 fully saturated rings. The van der Waals surface area contributed by atoms with Gasteiger partial charge in [0.2, 0.25) is 0 Å². The van der Waals surface area contributed by atoms with E-state index < -0.39 is 0 Å². The molecule has 0 bridgehead atoms. The molecule has 0 aliphatic heterocycles. The Morgan fingerprint density at radius 1 is 1.16 bits per heavy atom. The minimum atomic E-state index is -0.349. The van der Waals surface area contributed by atoms with Crippen molar-refractivity contribution in [1.82, 2.24) is 4.98 Å². The van der Waals surface area contributed by atoms with Crippen LogP contribution in [0.5, 0.6) is 5.75 Å². The Labute approximate surface area is 156 Å². The molecule has 0 radical (unpaired) electrons. The summed E-state index contributed by atoms with van der Waals surface area (Å²) in [5.74, 6) is -0.224. The van der Waals surface area contributed by atoms with Gasteiger partial charge in [-0.25, -0.2) is 9.37 Å². The molecule has 1 aromatic heterocycles. The van der Waals surface area contributed by atoms with Gasteiger partial charge in [-0.3, -0.25) is 10.1 Å². The maximum Gasteiger partial charge on any atom is 0.264 e. The SMILES string of the molecule is O=C(COc1ccc(F)cc1)Nc1ncc(Cc2ccc(Br)cc2)s1. The van der Waals surface area contributed by atoms with E-state index in [0.29, 0.717) is 10.9 Å². The second-order valence-corrected chi connectivity index (χ2v) is 7.26.